The number of methoxy groups -OCH3 is 1. The number of aromatic nitrogens is 5. The molecule has 1 aromatic carbocycles. The molecule has 238 valence electrons. The predicted molar refractivity (Wildman–Crippen MR) is 175 cm³/mol. The number of amides is 2. The van der Waals surface area contributed by atoms with Gasteiger partial charge in [-0.1, -0.05) is 29.3 Å². The van der Waals surface area contributed by atoms with Gasteiger partial charge >= 0.3 is 0 Å². The molecule has 1 saturated heterocycles. The van der Waals surface area contributed by atoms with E-state index >= 15 is 0 Å². The second-order valence-electron chi connectivity index (χ2n) is 11.0. The van der Waals surface area contributed by atoms with E-state index in [1.807, 2.05) is 23.2 Å². The third kappa shape index (κ3) is 7.27. The highest BCUT2D eigenvalue weighted by atomic mass is 35.5. The van der Waals surface area contributed by atoms with Crippen LogP contribution in [-0.4, -0.2) is 85.9 Å². The summed E-state index contributed by atoms with van der Waals surface area (Å²) in [7, 11) is 1.47. The van der Waals surface area contributed by atoms with Gasteiger partial charge < -0.3 is 25.6 Å². The fraction of sp³-hybridized carbons (Fsp3) is 0.323. The molecule has 0 radical (unpaired) electrons. The molecule has 2 fully saturated rings. The van der Waals surface area contributed by atoms with E-state index in [0.717, 1.165) is 51.1 Å². The lowest BCUT2D eigenvalue weighted by molar-refractivity contribution is -0.130. The van der Waals surface area contributed by atoms with Gasteiger partial charge in [-0.3, -0.25) is 14.5 Å². The first-order chi connectivity index (χ1) is 22.3. The zero-order chi connectivity index (χ0) is 32.2. The fourth-order valence-electron chi connectivity index (χ4n) is 5.04. The molecule has 0 spiro atoms. The van der Waals surface area contributed by atoms with Crippen LogP contribution >= 0.6 is 23.2 Å². The Hall–Kier alpha value is -4.59. The van der Waals surface area contributed by atoms with Crippen molar-refractivity contribution in [1.29, 1.82) is 0 Å². The second-order valence-corrected chi connectivity index (χ2v) is 11.8. The molecule has 2 aliphatic rings. The lowest BCUT2D eigenvalue weighted by Crippen LogP contribution is -2.47. The van der Waals surface area contributed by atoms with E-state index in [4.69, 9.17) is 27.9 Å². The Morgan fingerprint density at radius 2 is 1.74 bits per heavy atom. The quantitative estimate of drug-likeness (QED) is 0.217. The van der Waals surface area contributed by atoms with Crippen LogP contribution in [0.5, 0.6) is 5.75 Å². The van der Waals surface area contributed by atoms with Crippen molar-refractivity contribution in [2.24, 2.45) is 0 Å². The van der Waals surface area contributed by atoms with E-state index in [2.05, 4.69) is 45.8 Å². The minimum atomic E-state index is -0.311. The largest absolute Gasteiger partial charge is 0.495 e. The van der Waals surface area contributed by atoms with Crippen LogP contribution in [0.15, 0.2) is 49.3 Å². The third-order valence-electron chi connectivity index (χ3n) is 7.75. The molecule has 1 aliphatic heterocycles. The van der Waals surface area contributed by atoms with Crippen molar-refractivity contribution < 1.29 is 14.3 Å². The molecule has 13 nitrogen and oxygen atoms in total. The highest BCUT2D eigenvalue weighted by Crippen LogP contribution is 2.43. The number of pyridine rings is 1. The first kappa shape index (κ1) is 31.4. The van der Waals surface area contributed by atoms with E-state index in [1.165, 1.54) is 25.8 Å². The number of benzene rings is 1. The monoisotopic (exact) mass is 662 g/mol. The summed E-state index contributed by atoms with van der Waals surface area (Å²) in [6.45, 7) is 5.50. The Kier molecular flexibility index (Phi) is 9.43. The number of piperazine rings is 1. The number of ether oxygens (including phenoxy) is 1. The maximum Gasteiger partial charge on any atom is 0.253 e. The predicted octanol–water partition coefficient (Wildman–Crippen LogP) is 4.69. The number of hydrogen-bond acceptors (Lipinski definition) is 11. The number of hydrogen-bond donors (Lipinski definition) is 3. The Labute approximate surface area is 275 Å². The number of rotatable bonds is 10. The van der Waals surface area contributed by atoms with Crippen LogP contribution in [0.25, 0.3) is 11.3 Å². The van der Waals surface area contributed by atoms with Crippen molar-refractivity contribution >= 4 is 58.2 Å². The van der Waals surface area contributed by atoms with Gasteiger partial charge in [-0.05, 0) is 30.5 Å². The molecule has 0 atom stereocenters. The molecule has 46 heavy (non-hydrogen) atoms. The lowest BCUT2D eigenvalue weighted by Gasteiger charge is -2.34. The maximum atomic E-state index is 12.9. The van der Waals surface area contributed by atoms with Crippen molar-refractivity contribution in [1.82, 2.24) is 40.0 Å². The first-order valence-electron chi connectivity index (χ1n) is 14.7. The molecule has 1 aliphatic carbocycles. The van der Waals surface area contributed by atoms with Gasteiger partial charge in [-0.15, -0.1) is 0 Å². The SMILES string of the molecule is COc1cc(C(=O)NC2CC2)c(Cl)c(Nc2ncncc2-c2cc(Nc3ccc(CN4CCN(C(C)=O)CC4)cn3)ncn2)c1Cl. The van der Waals surface area contributed by atoms with Crippen LogP contribution in [0.4, 0.5) is 23.1 Å². The normalized spacial score (nSPS) is 14.9. The summed E-state index contributed by atoms with van der Waals surface area (Å²) in [5.41, 5.74) is 2.63. The van der Waals surface area contributed by atoms with Crippen molar-refractivity contribution in [3.8, 4) is 17.0 Å². The number of nitrogens with one attached hydrogen (secondary N) is 3. The van der Waals surface area contributed by atoms with E-state index < -0.39 is 0 Å². The Balaban J connectivity index is 1.18. The number of halogens is 2. The summed E-state index contributed by atoms with van der Waals surface area (Å²) in [4.78, 5) is 50.7. The van der Waals surface area contributed by atoms with Gasteiger partial charge in [0.25, 0.3) is 5.91 Å². The summed E-state index contributed by atoms with van der Waals surface area (Å²) < 4.78 is 5.44. The molecule has 1 saturated carbocycles. The highest BCUT2D eigenvalue weighted by molar-refractivity contribution is 6.42. The molecule has 6 rings (SSSR count). The highest BCUT2D eigenvalue weighted by Gasteiger charge is 2.28. The maximum absolute atomic E-state index is 12.9. The standard InChI is InChI=1S/C31H32Cl2N10O3/c1-18(44)43-9-7-42(8-10-43)15-19-3-6-25(35-13-19)40-26-12-23(36-17-37-26)22-14-34-16-38-30(22)41-29-27(32)21(11-24(46-2)28(29)33)31(45)39-20-4-5-20/h3,6,11-14,16-17,20H,4-5,7-10,15H2,1-2H3,(H,39,45)(H,34,38,41)(H,35,36,37,40). The topological polar surface area (TPSA) is 150 Å². The van der Waals surface area contributed by atoms with Crippen molar-refractivity contribution in [2.75, 3.05) is 43.9 Å². The van der Waals surface area contributed by atoms with Gasteiger partial charge in [-0.2, -0.15) is 0 Å². The average molecular weight is 664 g/mol. The lowest BCUT2D eigenvalue weighted by atomic mass is 10.1. The van der Waals surface area contributed by atoms with Gasteiger partial charge in [0, 0.05) is 64.1 Å². The second kappa shape index (κ2) is 13.8. The fourth-order valence-corrected chi connectivity index (χ4v) is 5.64. The van der Waals surface area contributed by atoms with Gasteiger partial charge in [0.05, 0.1) is 34.6 Å². The molecule has 0 unspecified atom stereocenters. The smallest absolute Gasteiger partial charge is 0.253 e. The molecule has 3 N–H and O–H groups in total. The number of carbonyl (C=O) groups excluding carboxylic acids is 2. The minimum Gasteiger partial charge on any atom is -0.495 e. The zero-order valence-electron chi connectivity index (χ0n) is 25.3. The average Bonchev–Trinajstić information content (AvgIpc) is 3.88. The van der Waals surface area contributed by atoms with Crippen molar-refractivity contribution in [3.63, 3.8) is 0 Å². The van der Waals surface area contributed by atoms with Crippen LogP contribution in [0.3, 0.4) is 0 Å². The first-order valence-corrected chi connectivity index (χ1v) is 15.5. The zero-order valence-corrected chi connectivity index (χ0v) is 26.8. The molecule has 2 amide bonds. The van der Waals surface area contributed by atoms with Crippen LogP contribution in [0.1, 0.15) is 35.7 Å². The molecule has 3 aromatic heterocycles. The molecule has 0 bridgehead atoms. The Morgan fingerprint density at radius 1 is 0.935 bits per heavy atom. The van der Waals surface area contributed by atoms with Crippen molar-refractivity contribution in [2.45, 2.75) is 32.4 Å². The minimum absolute atomic E-state index is 0.117. The molecule has 4 aromatic rings. The molecular formula is C31H32Cl2N10O3. The number of carbonyl (C=O) groups is 2. The summed E-state index contributed by atoms with van der Waals surface area (Å²) in [6, 6.07) is 7.32. The summed E-state index contributed by atoms with van der Waals surface area (Å²) in [6.07, 6.45) is 8.10. The van der Waals surface area contributed by atoms with Gasteiger partial charge in [0.2, 0.25) is 5.91 Å². The summed E-state index contributed by atoms with van der Waals surface area (Å²) in [5, 5.41) is 9.66. The van der Waals surface area contributed by atoms with Crippen molar-refractivity contribution in [3.05, 3.63) is 70.5 Å². The summed E-state index contributed by atoms with van der Waals surface area (Å²) >= 11 is 13.4. The van der Waals surface area contributed by atoms with Crippen LogP contribution < -0.4 is 20.7 Å². The summed E-state index contributed by atoms with van der Waals surface area (Å²) in [5.74, 6) is 1.57. The van der Waals surface area contributed by atoms with Gasteiger partial charge in [0.1, 0.15) is 40.9 Å². The van der Waals surface area contributed by atoms with E-state index in [0.29, 0.717) is 28.7 Å². The van der Waals surface area contributed by atoms with Gasteiger partial charge in [0.15, 0.2) is 0 Å². The Morgan fingerprint density at radius 3 is 2.43 bits per heavy atom. The van der Waals surface area contributed by atoms with Crippen LogP contribution in [0.2, 0.25) is 10.0 Å². The molecule has 15 heteroatoms. The van der Waals surface area contributed by atoms with Crippen LogP contribution in [0, 0.1) is 0 Å². The van der Waals surface area contributed by atoms with Crippen LogP contribution in [-0.2, 0) is 11.3 Å². The number of nitrogens with zero attached hydrogens (tertiary/aromatic N) is 7. The van der Waals surface area contributed by atoms with E-state index in [-0.39, 0.29) is 44.9 Å². The van der Waals surface area contributed by atoms with E-state index in [9.17, 15) is 9.59 Å². The number of anilines is 4. The molecule has 4 heterocycles. The van der Waals surface area contributed by atoms with E-state index in [1.54, 1.807) is 19.2 Å². The molecular weight excluding hydrogens is 631 g/mol. The Bertz CT molecular complexity index is 1750. The third-order valence-corrected chi connectivity index (χ3v) is 8.52. The van der Waals surface area contributed by atoms with Gasteiger partial charge in [-0.25, -0.2) is 24.9 Å².